The summed E-state index contributed by atoms with van der Waals surface area (Å²) in [6, 6.07) is 13.0. The Morgan fingerprint density at radius 1 is 0.960 bits per heavy atom. The molecule has 1 aliphatic rings. The largest absolute Gasteiger partial charge is 0.386 e. The van der Waals surface area contributed by atoms with Crippen LogP contribution in [0.15, 0.2) is 60.9 Å². The number of nitrogens with zero attached hydrogens (tertiary/aromatic N) is 3. The summed E-state index contributed by atoms with van der Waals surface area (Å²) in [5.41, 5.74) is 3.63. The zero-order valence-corrected chi connectivity index (χ0v) is 13.0. The summed E-state index contributed by atoms with van der Waals surface area (Å²) in [6.45, 7) is 0. The number of non-ortho nitro benzene ring substituents is 1. The van der Waals surface area contributed by atoms with E-state index in [2.05, 4.69) is 15.3 Å². The number of aromatic nitrogens is 2. The predicted octanol–water partition coefficient (Wildman–Crippen LogP) is 3.25. The van der Waals surface area contributed by atoms with Crippen LogP contribution in [-0.4, -0.2) is 20.0 Å². The first-order chi connectivity index (χ1) is 12.1. The first-order valence-corrected chi connectivity index (χ1v) is 7.74. The summed E-state index contributed by atoms with van der Waals surface area (Å²) in [5.74, 6) is 0. The SMILES string of the molecule is O=[N+]([O-])c1ccc(NC2c3cccnc3-c3ncccc3C2O)cc1. The molecule has 0 saturated heterocycles. The highest BCUT2D eigenvalue weighted by atomic mass is 16.6. The average Bonchev–Trinajstić information content (AvgIpc) is 2.65. The minimum atomic E-state index is -0.810. The lowest BCUT2D eigenvalue weighted by Gasteiger charge is -2.32. The van der Waals surface area contributed by atoms with Crippen molar-refractivity contribution >= 4 is 11.4 Å². The van der Waals surface area contributed by atoms with Gasteiger partial charge in [-0.2, -0.15) is 0 Å². The van der Waals surface area contributed by atoms with E-state index in [4.69, 9.17) is 0 Å². The van der Waals surface area contributed by atoms with Crippen LogP contribution in [-0.2, 0) is 0 Å². The third-order valence-corrected chi connectivity index (χ3v) is 4.27. The van der Waals surface area contributed by atoms with Crippen LogP contribution in [0.4, 0.5) is 11.4 Å². The molecule has 2 aromatic heterocycles. The highest BCUT2D eigenvalue weighted by molar-refractivity contribution is 5.69. The molecule has 0 aliphatic heterocycles. The number of nitrogens with one attached hydrogen (secondary N) is 1. The Balaban J connectivity index is 1.74. The van der Waals surface area contributed by atoms with Gasteiger partial charge in [-0.25, -0.2) is 0 Å². The molecule has 2 atom stereocenters. The van der Waals surface area contributed by atoms with E-state index in [1.54, 1.807) is 30.6 Å². The number of fused-ring (bicyclic) bond motifs is 3. The van der Waals surface area contributed by atoms with Crippen molar-refractivity contribution < 1.29 is 10.0 Å². The van der Waals surface area contributed by atoms with Crippen molar-refractivity contribution in [2.75, 3.05) is 5.32 Å². The van der Waals surface area contributed by atoms with E-state index in [0.29, 0.717) is 16.9 Å². The molecule has 7 nitrogen and oxygen atoms in total. The highest BCUT2D eigenvalue weighted by Gasteiger charge is 2.34. The first-order valence-electron chi connectivity index (χ1n) is 7.74. The second-order valence-electron chi connectivity index (χ2n) is 5.75. The number of aliphatic hydroxyl groups excluding tert-OH is 1. The molecular weight excluding hydrogens is 320 g/mol. The number of rotatable bonds is 3. The highest BCUT2D eigenvalue weighted by Crippen LogP contribution is 2.43. The molecule has 7 heteroatoms. The van der Waals surface area contributed by atoms with Crippen LogP contribution in [0, 0.1) is 10.1 Å². The summed E-state index contributed by atoms with van der Waals surface area (Å²) in [4.78, 5) is 19.1. The molecule has 0 fully saturated rings. The van der Waals surface area contributed by atoms with Gasteiger partial charge in [0.15, 0.2) is 0 Å². The fourth-order valence-electron chi connectivity index (χ4n) is 3.09. The van der Waals surface area contributed by atoms with Gasteiger partial charge in [-0.1, -0.05) is 12.1 Å². The summed E-state index contributed by atoms with van der Waals surface area (Å²) in [7, 11) is 0. The van der Waals surface area contributed by atoms with E-state index in [9.17, 15) is 15.2 Å². The molecule has 0 amide bonds. The lowest BCUT2D eigenvalue weighted by atomic mass is 9.86. The first kappa shape index (κ1) is 15.2. The van der Waals surface area contributed by atoms with Crippen LogP contribution >= 0.6 is 0 Å². The van der Waals surface area contributed by atoms with Crippen molar-refractivity contribution in [3.05, 3.63) is 82.2 Å². The number of hydrogen-bond donors (Lipinski definition) is 2. The van der Waals surface area contributed by atoms with E-state index in [-0.39, 0.29) is 5.69 Å². The molecular formula is C18H14N4O3. The van der Waals surface area contributed by atoms with Gasteiger partial charge in [0.1, 0.15) is 6.10 Å². The zero-order valence-electron chi connectivity index (χ0n) is 13.0. The fraction of sp³-hybridized carbons (Fsp3) is 0.111. The smallest absolute Gasteiger partial charge is 0.269 e. The molecule has 0 saturated carbocycles. The molecule has 2 N–H and O–H groups in total. The Bertz CT molecular complexity index is 943. The molecule has 2 unspecified atom stereocenters. The van der Waals surface area contributed by atoms with Crippen molar-refractivity contribution in [3.8, 4) is 11.4 Å². The molecule has 0 bridgehead atoms. The van der Waals surface area contributed by atoms with Crippen molar-refractivity contribution in [1.82, 2.24) is 9.97 Å². The third kappa shape index (κ3) is 2.60. The van der Waals surface area contributed by atoms with E-state index in [1.807, 2.05) is 18.2 Å². The van der Waals surface area contributed by atoms with Gasteiger partial charge in [0.05, 0.1) is 22.4 Å². The minimum absolute atomic E-state index is 0.0198. The Kier molecular flexibility index (Phi) is 3.62. The third-order valence-electron chi connectivity index (χ3n) is 4.27. The van der Waals surface area contributed by atoms with E-state index >= 15 is 0 Å². The van der Waals surface area contributed by atoms with Gasteiger partial charge in [0, 0.05) is 41.3 Å². The van der Waals surface area contributed by atoms with Gasteiger partial charge in [-0.3, -0.25) is 20.1 Å². The van der Waals surface area contributed by atoms with Gasteiger partial charge in [0.2, 0.25) is 0 Å². The number of nitro benzene ring substituents is 1. The second kappa shape index (κ2) is 5.95. The van der Waals surface area contributed by atoms with Crippen LogP contribution < -0.4 is 5.32 Å². The van der Waals surface area contributed by atoms with Gasteiger partial charge in [-0.15, -0.1) is 0 Å². The summed E-state index contributed by atoms with van der Waals surface area (Å²) in [5, 5.41) is 24.9. The van der Waals surface area contributed by atoms with Crippen LogP contribution in [0.5, 0.6) is 0 Å². The van der Waals surface area contributed by atoms with Crippen molar-refractivity contribution in [3.63, 3.8) is 0 Å². The maximum absolute atomic E-state index is 10.8. The quantitative estimate of drug-likeness (QED) is 0.563. The number of benzene rings is 1. The van der Waals surface area contributed by atoms with Crippen molar-refractivity contribution in [1.29, 1.82) is 0 Å². The fourth-order valence-corrected chi connectivity index (χ4v) is 3.09. The number of aliphatic hydroxyl groups is 1. The normalized spacial score (nSPS) is 18.1. The summed E-state index contributed by atoms with van der Waals surface area (Å²) in [6.07, 6.45) is 2.56. The Labute approximate surface area is 143 Å². The second-order valence-corrected chi connectivity index (χ2v) is 5.75. The number of anilines is 1. The van der Waals surface area contributed by atoms with Crippen LogP contribution in [0.3, 0.4) is 0 Å². The van der Waals surface area contributed by atoms with Gasteiger partial charge in [-0.05, 0) is 24.3 Å². The van der Waals surface area contributed by atoms with Gasteiger partial charge < -0.3 is 10.4 Å². The molecule has 1 aliphatic carbocycles. The Morgan fingerprint density at radius 2 is 1.56 bits per heavy atom. The molecule has 124 valence electrons. The van der Waals surface area contributed by atoms with Gasteiger partial charge >= 0.3 is 0 Å². The minimum Gasteiger partial charge on any atom is -0.386 e. The Morgan fingerprint density at radius 3 is 2.20 bits per heavy atom. The number of nitro groups is 1. The van der Waals surface area contributed by atoms with Crippen molar-refractivity contribution in [2.45, 2.75) is 12.1 Å². The molecule has 0 radical (unpaired) electrons. The van der Waals surface area contributed by atoms with Crippen LogP contribution in [0.1, 0.15) is 23.3 Å². The number of hydrogen-bond acceptors (Lipinski definition) is 6. The molecule has 2 heterocycles. The number of pyridine rings is 2. The molecule has 0 spiro atoms. The topological polar surface area (TPSA) is 101 Å². The molecule has 3 aromatic rings. The molecule has 1 aromatic carbocycles. The maximum Gasteiger partial charge on any atom is 0.269 e. The van der Waals surface area contributed by atoms with Crippen LogP contribution in [0.25, 0.3) is 11.4 Å². The van der Waals surface area contributed by atoms with E-state index in [1.165, 1.54) is 12.1 Å². The van der Waals surface area contributed by atoms with E-state index in [0.717, 1.165) is 11.3 Å². The molecule has 25 heavy (non-hydrogen) atoms. The summed E-state index contributed by atoms with van der Waals surface area (Å²) < 4.78 is 0. The lowest BCUT2D eigenvalue weighted by molar-refractivity contribution is -0.384. The zero-order chi connectivity index (χ0) is 17.4. The standard InChI is InChI=1S/C18H14N4O3/c23-18-14-4-2-10-20-16(14)15-13(3-1-9-19-15)17(18)21-11-5-7-12(8-6-11)22(24)25/h1-10,17-18,21,23H. The van der Waals surface area contributed by atoms with Crippen LogP contribution in [0.2, 0.25) is 0 Å². The lowest BCUT2D eigenvalue weighted by Crippen LogP contribution is -2.25. The van der Waals surface area contributed by atoms with E-state index < -0.39 is 17.1 Å². The monoisotopic (exact) mass is 334 g/mol. The predicted molar refractivity (Wildman–Crippen MR) is 91.9 cm³/mol. The molecule has 4 rings (SSSR count). The van der Waals surface area contributed by atoms with Gasteiger partial charge in [0.25, 0.3) is 5.69 Å². The summed E-state index contributed by atoms with van der Waals surface area (Å²) >= 11 is 0. The Hall–Kier alpha value is -3.32. The van der Waals surface area contributed by atoms with Crippen molar-refractivity contribution in [2.24, 2.45) is 0 Å². The maximum atomic E-state index is 10.8. The average molecular weight is 334 g/mol.